The lowest BCUT2D eigenvalue weighted by atomic mass is 10.1. The van der Waals surface area contributed by atoms with Crippen LogP contribution in [-0.2, 0) is 0 Å². The zero-order valence-electron chi connectivity index (χ0n) is 12.5. The van der Waals surface area contributed by atoms with Crippen LogP contribution in [0.25, 0.3) is 22.4 Å². The van der Waals surface area contributed by atoms with Gasteiger partial charge in [-0.2, -0.15) is 0 Å². The molecule has 3 aromatic carbocycles. The molecule has 1 aromatic heterocycles. The Bertz CT molecular complexity index is 761. The van der Waals surface area contributed by atoms with E-state index in [0.717, 1.165) is 11.3 Å². The lowest BCUT2D eigenvalue weighted by Gasteiger charge is -1.98. The van der Waals surface area contributed by atoms with Crippen molar-refractivity contribution in [2.24, 2.45) is 0 Å². The minimum atomic E-state index is 0.769. The fourth-order valence-corrected chi connectivity index (χ4v) is 2.16. The highest BCUT2D eigenvalue weighted by Gasteiger charge is 1.98. The Labute approximate surface area is 135 Å². The maximum absolute atomic E-state index is 4.61. The molecule has 0 saturated heterocycles. The smallest absolute Gasteiger partial charge is 0.152 e. The Balaban J connectivity index is 0.000000136. The van der Waals surface area contributed by atoms with Crippen LogP contribution in [0.1, 0.15) is 0 Å². The summed E-state index contributed by atoms with van der Waals surface area (Å²) in [6.07, 6.45) is 1.52. The van der Waals surface area contributed by atoms with Crippen LogP contribution in [0.15, 0.2) is 102 Å². The number of aromatic nitrogens is 2. The summed E-state index contributed by atoms with van der Waals surface area (Å²) < 4.78 is 4.61. The Morgan fingerprint density at radius 2 is 0.957 bits per heavy atom. The molecule has 0 aliphatic carbocycles. The van der Waals surface area contributed by atoms with Gasteiger partial charge in [0, 0.05) is 10.8 Å². The molecule has 0 spiro atoms. The van der Waals surface area contributed by atoms with Crippen LogP contribution in [0.5, 0.6) is 0 Å². The first-order valence-electron chi connectivity index (χ1n) is 7.36. The second kappa shape index (κ2) is 7.71. The van der Waals surface area contributed by atoms with Crippen LogP contribution in [0.2, 0.25) is 0 Å². The van der Waals surface area contributed by atoms with E-state index in [0.29, 0.717) is 0 Å². The van der Waals surface area contributed by atoms with Gasteiger partial charge in [-0.25, -0.2) is 0 Å². The van der Waals surface area contributed by atoms with Crippen LogP contribution < -0.4 is 0 Å². The van der Waals surface area contributed by atoms with E-state index in [1.54, 1.807) is 0 Å². The molecule has 0 atom stereocenters. The highest BCUT2D eigenvalue weighted by atomic mass is 16.5. The molecular formula is C20H16N2O. The zero-order chi connectivity index (χ0) is 15.7. The minimum absolute atomic E-state index is 0.769. The van der Waals surface area contributed by atoms with Gasteiger partial charge in [0.25, 0.3) is 0 Å². The molecule has 4 rings (SSSR count). The summed E-state index contributed by atoms with van der Waals surface area (Å²) in [5, 5.41) is 7.14. The fraction of sp³-hybridized carbons (Fsp3) is 0. The monoisotopic (exact) mass is 300 g/mol. The minimum Gasteiger partial charge on any atom is -0.345 e. The van der Waals surface area contributed by atoms with E-state index in [1.807, 2.05) is 42.5 Å². The van der Waals surface area contributed by atoms with Crippen molar-refractivity contribution in [3.8, 4) is 22.4 Å². The summed E-state index contributed by atoms with van der Waals surface area (Å²) in [5.41, 5.74) is 4.34. The first-order chi connectivity index (χ1) is 11.4. The molecule has 0 aliphatic heterocycles. The van der Waals surface area contributed by atoms with Crippen molar-refractivity contribution in [3.05, 3.63) is 97.3 Å². The van der Waals surface area contributed by atoms with Crippen molar-refractivity contribution in [2.75, 3.05) is 0 Å². The Morgan fingerprint density at radius 1 is 0.522 bits per heavy atom. The van der Waals surface area contributed by atoms with Crippen molar-refractivity contribution in [1.29, 1.82) is 0 Å². The second-order valence-electron chi connectivity index (χ2n) is 4.89. The molecule has 0 aliphatic rings. The Kier molecular flexibility index (Phi) is 4.93. The topological polar surface area (TPSA) is 38.9 Å². The average Bonchev–Trinajstić information content (AvgIpc) is 3.19. The first kappa shape index (κ1) is 14.7. The summed E-state index contributed by atoms with van der Waals surface area (Å²) in [4.78, 5) is 0. The predicted molar refractivity (Wildman–Crippen MR) is 91.6 cm³/mol. The van der Waals surface area contributed by atoms with Crippen LogP contribution >= 0.6 is 0 Å². The third-order valence-electron chi connectivity index (χ3n) is 3.31. The van der Waals surface area contributed by atoms with Gasteiger partial charge in [-0.15, -0.1) is 5.10 Å². The molecular weight excluding hydrogens is 284 g/mol. The summed E-state index contributed by atoms with van der Waals surface area (Å²) >= 11 is 0. The van der Waals surface area contributed by atoms with Gasteiger partial charge in [0.15, 0.2) is 6.26 Å². The molecule has 0 radical (unpaired) electrons. The highest BCUT2D eigenvalue weighted by molar-refractivity contribution is 5.62. The van der Waals surface area contributed by atoms with Gasteiger partial charge in [0.2, 0.25) is 0 Å². The van der Waals surface area contributed by atoms with Crippen LogP contribution in [-0.4, -0.2) is 10.4 Å². The first-order valence-corrected chi connectivity index (χ1v) is 7.36. The largest absolute Gasteiger partial charge is 0.345 e. The molecule has 3 nitrogen and oxygen atoms in total. The Hall–Kier alpha value is -3.20. The van der Waals surface area contributed by atoms with E-state index in [4.69, 9.17) is 0 Å². The summed E-state index contributed by atoms with van der Waals surface area (Å²) in [6.45, 7) is 0. The van der Waals surface area contributed by atoms with Crippen molar-refractivity contribution < 1.29 is 4.52 Å². The maximum atomic E-state index is 4.61. The summed E-state index contributed by atoms with van der Waals surface area (Å²) in [7, 11) is 0. The number of hydrogen-bond donors (Lipinski definition) is 0. The van der Waals surface area contributed by atoms with Gasteiger partial charge in [-0.3, -0.25) is 0 Å². The molecule has 0 saturated carbocycles. The molecule has 0 fully saturated rings. The summed E-state index contributed by atoms with van der Waals surface area (Å²) in [5.74, 6) is 0. The quantitative estimate of drug-likeness (QED) is 0.517. The number of rotatable bonds is 2. The SMILES string of the molecule is c1ccc(-c2ccccc2)cc1.c1ccc(-c2conn2)cc1. The molecule has 0 bridgehead atoms. The van der Waals surface area contributed by atoms with E-state index in [1.165, 1.54) is 17.4 Å². The van der Waals surface area contributed by atoms with Crippen molar-refractivity contribution in [2.45, 2.75) is 0 Å². The lowest BCUT2D eigenvalue weighted by Crippen LogP contribution is -1.75. The number of benzene rings is 3. The van der Waals surface area contributed by atoms with Gasteiger partial charge in [-0.1, -0.05) is 91.0 Å². The van der Waals surface area contributed by atoms with Gasteiger partial charge < -0.3 is 4.52 Å². The molecule has 0 N–H and O–H groups in total. The van der Waals surface area contributed by atoms with Gasteiger partial charge in [0.05, 0.1) is 0 Å². The Morgan fingerprint density at radius 3 is 1.35 bits per heavy atom. The summed E-state index contributed by atoms with van der Waals surface area (Å²) in [6, 6.07) is 30.5. The van der Waals surface area contributed by atoms with Crippen LogP contribution in [0.4, 0.5) is 0 Å². The number of nitrogens with zero attached hydrogens (tertiary/aromatic N) is 2. The van der Waals surface area contributed by atoms with Gasteiger partial charge in [0.1, 0.15) is 5.69 Å². The van der Waals surface area contributed by atoms with Crippen molar-refractivity contribution >= 4 is 0 Å². The molecule has 23 heavy (non-hydrogen) atoms. The third-order valence-corrected chi connectivity index (χ3v) is 3.31. The third kappa shape index (κ3) is 4.14. The van der Waals surface area contributed by atoms with E-state index >= 15 is 0 Å². The average molecular weight is 300 g/mol. The van der Waals surface area contributed by atoms with Crippen LogP contribution in [0.3, 0.4) is 0 Å². The van der Waals surface area contributed by atoms with E-state index in [2.05, 4.69) is 63.4 Å². The van der Waals surface area contributed by atoms with Gasteiger partial charge >= 0.3 is 0 Å². The van der Waals surface area contributed by atoms with Crippen molar-refractivity contribution in [3.63, 3.8) is 0 Å². The molecule has 3 heteroatoms. The molecule has 0 amide bonds. The molecule has 112 valence electrons. The second-order valence-corrected chi connectivity index (χ2v) is 4.89. The molecule has 4 aromatic rings. The lowest BCUT2D eigenvalue weighted by molar-refractivity contribution is 0.393. The standard InChI is InChI=1S/C12H10.C8H6N2O/c1-3-7-11(8-4-1)12-9-5-2-6-10-12;1-2-4-7(5-3-1)8-6-11-10-9-8/h1-10H;1-6H. The highest BCUT2D eigenvalue weighted by Crippen LogP contribution is 2.17. The van der Waals surface area contributed by atoms with E-state index < -0.39 is 0 Å². The van der Waals surface area contributed by atoms with E-state index in [9.17, 15) is 0 Å². The zero-order valence-corrected chi connectivity index (χ0v) is 12.5. The van der Waals surface area contributed by atoms with Gasteiger partial charge in [-0.05, 0) is 11.1 Å². The molecule has 1 heterocycles. The number of hydrogen-bond acceptors (Lipinski definition) is 3. The normalized spacial score (nSPS) is 9.74. The van der Waals surface area contributed by atoms with E-state index in [-0.39, 0.29) is 0 Å². The fourth-order valence-electron chi connectivity index (χ4n) is 2.16. The van der Waals surface area contributed by atoms with Crippen molar-refractivity contribution in [1.82, 2.24) is 10.4 Å². The maximum Gasteiger partial charge on any atom is 0.152 e. The molecule has 0 unspecified atom stereocenters. The van der Waals surface area contributed by atoms with Crippen LogP contribution in [0, 0.1) is 0 Å². The predicted octanol–water partition coefficient (Wildman–Crippen LogP) is 5.09.